The summed E-state index contributed by atoms with van der Waals surface area (Å²) < 4.78 is 6.32. The summed E-state index contributed by atoms with van der Waals surface area (Å²) in [5.74, 6) is 0.713. The largest absolute Gasteiger partial charge is 0.501 e. The first kappa shape index (κ1) is 12.3. The van der Waals surface area contributed by atoms with E-state index in [2.05, 4.69) is 15.0 Å². The molecule has 3 rings (SSSR count). The fourth-order valence-corrected chi connectivity index (χ4v) is 3.00. The van der Waals surface area contributed by atoms with Gasteiger partial charge in [-0.3, -0.25) is 4.98 Å². The van der Waals surface area contributed by atoms with Gasteiger partial charge in [0.15, 0.2) is 5.82 Å². The van der Waals surface area contributed by atoms with Gasteiger partial charge >= 0.3 is 0 Å². The van der Waals surface area contributed by atoms with Crippen LogP contribution < -0.4 is 0 Å². The highest BCUT2D eigenvalue weighted by Gasteiger charge is 2.09. The minimum absolute atomic E-state index is 0.650. The SMILES string of the molecule is CCOC=Cc1nc(-c2cncs2)nc2ccsc12. The zero-order chi connectivity index (χ0) is 13.1. The van der Waals surface area contributed by atoms with E-state index in [9.17, 15) is 0 Å². The van der Waals surface area contributed by atoms with Gasteiger partial charge in [-0.05, 0) is 24.4 Å². The molecule has 3 aromatic heterocycles. The molecular formula is C13H11N3OS2. The quantitative estimate of drug-likeness (QED) is 0.685. The Morgan fingerprint density at radius 3 is 3.05 bits per heavy atom. The molecule has 0 aliphatic rings. The number of thiophene rings is 1. The van der Waals surface area contributed by atoms with Crippen molar-refractivity contribution in [3.05, 3.63) is 35.1 Å². The molecule has 0 spiro atoms. The van der Waals surface area contributed by atoms with Crippen molar-refractivity contribution in [2.75, 3.05) is 6.61 Å². The minimum atomic E-state index is 0.650. The topological polar surface area (TPSA) is 47.9 Å². The lowest BCUT2D eigenvalue weighted by molar-refractivity contribution is 0.272. The molecule has 0 aliphatic carbocycles. The van der Waals surface area contributed by atoms with Gasteiger partial charge < -0.3 is 4.74 Å². The Bertz CT molecular complexity index is 704. The molecule has 0 radical (unpaired) electrons. The highest BCUT2D eigenvalue weighted by Crippen LogP contribution is 2.27. The van der Waals surface area contributed by atoms with Crippen molar-refractivity contribution in [3.8, 4) is 10.7 Å². The second-order valence-electron chi connectivity index (χ2n) is 3.69. The van der Waals surface area contributed by atoms with Crippen molar-refractivity contribution in [2.24, 2.45) is 0 Å². The van der Waals surface area contributed by atoms with Gasteiger partial charge in [0.05, 0.1) is 39.2 Å². The molecule has 0 bridgehead atoms. The predicted molar refractivity (Wildman–Crippen MR) is 79.2 cm³/mol. The van der Waals surface area contributed by atoms with Crippen LogP contribution in [0.2, 0.25) is 0 Å². The lowest BCUT2D eigenvalue weighted by atomic mass is 10.3. The molecule has 0 aromatic carbocycles. The average Bonchev–Trinajstić information content (AvgIpc) is 3.09. The first-order valence-electron chi connectivity index (χ1n) is 5.80. The molecule has 19 heavy (non-hydrogen) atoms. The van der Waals surface area contributed by atoms with Crippen molar-refractivity contribution in [3.63, 3.8) is 0 Å². The summed E-state index contributed by atoms with van der Waals surface area (Å²) in [6, 6.07) is 2.00. The maximum absolute atomic E-state index is 5.25. The molecular weight excluding hydrogens is 278 g/mol. The molecule has 0 saturated heterocycles. The van der Waals surface area contributed by atoms with Crippen LogP contribution in [0.1, 0.15) is 12.6 Å². The van der Waals surface area contributed by atoms with Gasteiger partial charge in [-0.25, -0.2) is 9.97 Å². The van der Waals surface area contributed by atoms with Gasteiger partial charge in [-0.15, -0.1) is 22.7 Å². The van der Waals surface area contributed by atoms with Crippen LogP contribution >= 0.6 is 22.7 Å². The van der Waals surface area contributed by atoms with E-state index in [1.165, 1.54) is 11.3 Å². The smallest absolute Gasteiger partial charge is 0.172 e. The third-order valence-corrected chi connectivity index (χ3v) is 4.17. The second kappa shape index (κ2) is 5.46. The molecule has 0 atom stereocenters. The van der Waals surface area contributed by atoms with Gasteiger partial charge in [0.2, 0.25) is 0 Å². The summed E-state index contributed by atoms with van der Waals surface area (Å²) in [6.45, 7) is 2.60. The third kappa shape index (κ3) is 2.50. The number of hydrogen-bond acceptors (Lipinski definition) is 6. The Morgan fingerprint density at radius 1 is 1.32 bits per heavy atom. The van der Waals surface area contributed by atoms with Gasteiger partial charge in [-0.1, -0.05) is 0 Å². The predicted octanol–water partition coefficient (Wildman–Crippen LogP) is 3.82. The van der Waals surface area contributed by atoms with E-state index in [1.54, 1.807) is 29.3 Å². The number of fused-ring (bicyclic) bond motifs is 1. The number of thiazole rings is 1. The van der Waals surface area contributed by atoms with Gasteiger partial charge in [0.25, 0.3) is 0 Å². The van der Waals surface area contributed by atoms with E-state index in [4.69, 9.17) is 4.74 Å². The Hall–Kier alpha value is -1.79. The van der Waals surface area contributed by atoms with Crippen LogP contribution in [0, 0.1) is 0 Å². The zero-order valence-corrected chi connectivity index (χ0v) is 11.9. The summed E-state index contributed by atoms with van der Waals surface area (Å²) >= 11 is 3.17. The van der Waals surface area contributed by atoms with E-state index in [0.29, 0.717) is 12.4 Å². The molecule has 96 valence electrons. The first-order valence-corrected chi connectivity index (χ1v) is 7.56. The van der Waals surface area contributed by atoms with Crippen LogP contribution in [0.15, 0.2) is 29.4 Å². The Kier molecular flexibility index (Phi) is 3.52. The fraction of sp³-hybridized carbons (Fsp3) is 0.154. The molecule has 3 aromatic rings. The molecule has 0 fully saturated rings. The summed E-state index contributed by atoms with van der Waals surface area (Å²) in [4.78, 5) is 14.2. The Morgan fingerprint density at radius 2 is 2.26 bits per heavy atom. The maximum atomic E-state index is 5.25. The zero-order valence-electron chi connectivity index (χ0n) is 10.2. The summed E-state index contributed by atoms with van der Waals surface area (Å²) in [7, 11) is 0. The molecule has 3 heterocycles. The van der Waals surface area contributed by atoms with Crippen molar-refractivity contribution in [1.29, 1.82) is 0 Å². The minimum Gasteiger partial charge on any atom is -0.501 e. The van der Waals surface area contributed by atoms with E-state index >= 15 is 0 Å². The normalized spacial score (nSPS) is 11.4. The number of aromatic nitrogens is 3. The van der Waals surface area contributed by atoms with Gasteiger partial charge in [-0.2, -0.15) is 0 Å². The number of rotatable bonds is 4. The van der Waals surface area contributed by atoms with E-state index in [1.807, 2.05) is 24.4 Å². The van der Waals surface area contributed by atoms with Crippen molar-refractivity contribution in [1.82, 2.24) is 15.0 Å². The molecule has 0 aliphatic heterocycles. The van der Waals surface area contributed by atoms with Crippen LogP contribution in [0.4, 0.5) is 0 Å². The van der Waals surface area contributed by atoms with E-state index in [0.717, 1.165) is 20.8 Å². The number of ether oxygens (including phenoxy) is 1. The lowest BCUT2D eigenvalue weighted by Gasteiger charge is -2.00. The second-order valence-corrected chi connectivity index (χ2v) is 5.49. The summed E-state index contributed by atoms with van der Waals surface area (Å²) in [6.07, 6.45) is 5.35. The Balaban J connectivity index is 2.10. The highest BCUT2D eigenvalue weighted by molar-refractivity contribution is 7.17. The fourth-order valence-electron chi connectivity index (χ4n) is 1.64. The van der Waals surface area contributed by atoms with Crippen LogP contribution in [0.3, 0.4) is 0 Å². The van der Waals surface area contributed by atoms with Gasteiger partial charge in [0, 0.05) is 6.20 Å². The number of nitrogens with zero attached hydrogens (tertiary/aromatic N) is 3. The van der Waals surface area contributed by atoms with Crippen LogP contribution in [-0.2, 0) is 4.74 Å². The molecule has 0 N–H and O–H groups in total. The number of hydrogen-bond donors (Lipinski definition) is 0. The first-order chi connectivity index (χ1) is 9.38. The lowest BCUT2D eigenvalue weighted by Crippen LogP contribution is -1.91. The van der Waals surface area contributed by atoms with Crippen molar-refractivity contribution >= 4 is 39.0 Å². The van der Waals surface area contributed by atoms with E-state index < -0.39 is 0 Å². The molecule has 0 saturated carbocycles. The monoisotopic (exact) mass is 289 g/mol. The highest BCUT2D eigenvalue weighted by atomic mass is 32.1. The van der Waals surface area contributed by atoms with Crippen molar-refractivity contribution in [2.45, 2.75) is 6.92 Å². The van der Waals surface area contributed by atoms with Crippen LogP contribution in [0.5, 0.6) is 0 Å². The summed E-state index contributed by atoms with van der Waals surface area (Å²) in [5, 5.41) is 2.02. The van der Waals surface area contributed by atoms with Crippen LogP contribution in [0.25, 0.3) is 27.0 Å². The summed E-state index contributed by atoms with van der Waals surface area (Å²) in [5.41, 5.74) is 3.63. The molecule has 6 heteroatoms. The standard InChI is InChI=1S/C13H11N3OS2/c1-2-17-5-3-9-12-10(4-6-18-12)16-13(15-9)11-7-14-8-19-11/h3-8H,2H2,1H3. The molecule has 0 amide bonds. The Labute approximate surface area is 118 Å². The third-order valence-electron chi connectivity index (χ3n) is 2.47. The molecule has 4 nitrogen and oxygen atoms in total. The maximum Gasteiger partial charge on any atom is 0.172 e. The van der Waals surface area contributed by atoms with Gasteiger partial charge in [0.1, 0.15) is 0 Å². The van der Waals surface area contributed by atoms with Crippen molar-refractivity contribution < 1.29 is 4.74 Å². The average molecular weight is 289 g/mol. The molecule has 0 unspecified atom stereocenters. The van der Waals surface area contributed by atoms with Crippen LogP contribution in [-0.4, -0.2) is 21.6 Å². The van der Waals surface area contributed by atoms with E-state index in [-0.39, 0.29) is 0 Å².